The lowest BCUT2D eigenvalue weighted by atomic mass is 9.86. The highest BCUT2D eigenvalue weighted by Gasteiger charge is 2.64. The topological polar surface area (TPSA) is 66.3 Å². The highest BCUT2D eigenvalue weighted by molar-refractivity contribution is 7.09. The van der Waals surface area contributed by atoms with Gasteiger partial charge in [0.2, 0.25) is 5.13 Å². The van der Waals surface area contributed by atoms with Crippen LogP contribution in [0.15, 0.2) is 0 Å². The predicted octanol–water partition coefficient (Wildman–Crippen LogP) is 2.50. The quantitative estimate of drug-likeness (QED) is 0.929. The van der Waals surface area contributed by atoms with Gasteiger partial charge in [0.1, 0.15) is 5.82 Å². The number of aromatic nitrogens is 2. The molecule has 20 heavy (non-hydrogen) atoms. The van der Waals surface area contributed by atoms with Gasteiger partial charge in [0.15, 0.2) is 5.41 Å². The Balaban J connectivity index is 2.24. The van der Waals surface area contributed by atoms with Gasteiger partial charge < -0.3 is 10.0 Å². The molecule has 0 aliphatic carbocycles. The third kappa shape index (κ3) is 2.34. The smallest absolute Gasteiger partial charge is 0.406 e. The molecule has 1 atom stereocenters. The average molecular weight is 309 g/mol. The zero-order valence-corrected chi connectivity index (χ0v) is 11.8. The highest BCUT2D eigenvalue weighted by atomic mass is 32.1. The number of nitrogens with zero attached hydrogens (tertiary/aromatic N) is 3. The van der Waals surface area contributed by atoms with Crippen molar-refractivity contribution in [1.82, 2.24) is 9.36 Å². The molecule has 1 aliphatic rings. The molecule has 1 aliphatic heterocycles. The zero-order chi connectivity index (χ0) is 15.1. The van der Waals surface area contributed by atoms with Gasteiger partial charge in [-0.05, 0) is 6.42 Å². The molecule has 0 spiro atoms. The summed E-state index contributed by atoms with van der Waals surface area (Å²) < 4.78 is 43.2. The van der Waals surface area contributed by atoms with Crippen molar-refractivity contribution >= 4 is 22.6 Å². The van der Waals surface area contributed by atoms with Gasteiger partial charge in [0.05, 0.1) is 0 Å². The van der Waals surface area contributed by atoms with Crippen molar-refractivity contribution in [3.63, 3.8) is 0 Å². The minimum Gasteiger partial charge on any atom is -0.481 e. The summed E-state index contributed by atoms with van der Waals surface area (Å²) >= 11 is 1.00. The van der Waals surface area contributed by atoms with E-state index < -0.39 is 30.5 Å². The molecule has 0 saturated carbocycles. The van der Waals surface area contributed by atoms with E-state index in [4.69, 9.17) is 5.11 Å². The van der Waals surface area contributed by atoms with Crippen LogP contribution in [0.3, 0.4) is 0 Å². The molecular formula is C11H14F3N3O2S. The van der Waals surface area contributed by atoms with Gasteiger partial charge in [-0.25, -0.2) is 4.98 Å². The zero-order valence-electron chi connectivity index (χ0n) is 10.9. The molecule has 2 rings (SSSR count). The van der Waals surface area contributed by atoms with E-state index in [-0.39, 0.29) is 12.5 Å². The summed E-state index contributed by atoms with van der Waals surface area (Å²) in [4.78, 5) is 16.6. The Morgan fingerprint density at radius 2 is 2.15 bits per heavy atom. The van der Waals surface area contributed by atoms with Crippen LogP contribution < -0.4 is 4.90 Å². The number of aliphatic carboxylic acids is 1. The lowest BCUT2D eigenvalue weighted by Crippen LogP contribution is -2.47. The molecule has 112 valence electrons. The second-order valence-corrected chi connectivity index (χ2v) is 5.88. The fourth-order valence-corrected chi connectivity index (χ4v) is 2.92. The van der Waals surface area contributed by atoms with Crippen LogP contribution in [0.25, 0.3) is 0 Å². The van der Waals surface area contributed by atoms with Crippen molar-refractivity contribution in [2.45, 2.75) is 32.4 Å². The highest BCUT2D eigenvalue weighted by Crippen LogP contribution is 2.46. The molecule has 0 aromatic carbocycles. The van der Waals surface area contributed by atoms with Crippen molar-refractivity contribution in [1.29, 1.82) is 0 Å². The van der Waals surface area contributed by atoms with Gasteiger partial charge in [0, 0.05) is 30.5 Å². The molecule has 9 heteroatoms. The second-order valence-electron chi connectivity index (χ2n) is 5.15. The first kappa shape index (κ1) is 15.0. The molecule has 1 saturated heterocycles. The molecule has 1 aromatic heterocycles. The summed E-state index contributed by atoms with van der Waals surface area (Å²) in [5.41, 5.74) is -2.71. The average Bonchev–Trinajstić information content (AvgIpc) is 2.95. The van der Waals surface area contributed by atoms with Crippen LogP contribution in [0, 0.1) is 5.41 Å². The van der Waals surface area contributed by atoms with E-state index in [9.17, 15) is 18.0 Å². The van der Waals surface area contributed by atoms with Crippen molar-refractivity contribution in [3.05, 3.63) is 5.82 Å². The van der Waals surface area contributed by atoms with Crippen molar-refractivity contribution < 1.29 is 23.1 Å². The van der Waals surface area contributed by atoms with Gasteiger partial charge in [0.25, 0.3) is 0 Å². The van der Waals surface area contributed by atoms with Gasteiger partial charge in [-0.1, -0.05) is 13.8 Å². The van der Waals surface area contributed by atoms with Gasteiger partial charge in [-0.15, -0.1) is 0 Å². The Morgan fingerprint density at radius 1 is 1.50 bits per heavy atom. The first-order valence-corrected chi connectivity index (χ1v) is 6.83. The maximum absolute atomic E-state index is 13.0. The standard InChI is InChI=1S/C11H14F3N3O2S/c1-6(2)7-15-9(20-16-7)17-4-3-10(5-17,8(18)19)11(12,13)14/h6H,3-5H2,1-2H3,(H,18,19). The molecule has 1 aromatic rings. The number of rotatable bonds is 3. The molecule has 0 radical (unpaired) electrons. The maximum atomic E-state index is 13.0. The van der Waals surface area contributed by atoms with Gasteiger partial charge >= 0.3 is 12.1 Å². The van der Waals surface area contributed by atoms with E-state index >= 15 is 0 Å². The Kier molecular flexibility index (Phi) is 3.66. The van der Waals surface area contributed by atoms with Gasteiger partial charge in [-0.2, -0.15) is 17.5 Å². The number of halogens is 3. The van der Waals surface area contributed by atoms with E-state index in [1.54, 1.807) is 0 Å². The Labute approximate surface area is 117 Å². The number of alkyl halides is 3. The van der Waals surface area contributed by atoms with E-state index in [2.05, 4.69) is 9.36 Å². The van der Waals surface area contributed by atoms with Crippen molar-refractivity contribution in [3.8, 4) is 0 Å². The summed E-state index contributed by atoms with van der Waals surface area (Å²) in [6, 6.07) is 0. The molecule has 1 N–H and O–H groups in total. The van der Waals surface area contributed by atoms with Crippen LogP contribution in [-0.4, -0.2) is 39.7 Å². The lowest BCUT2D eigenvalue weighted by molar-refractivity contribution is -0.225. The number of carboxylic acids is 1. The Morgan fingerprint density at radius 3 is 2.55 bits per heavy atom. The Bertz CT molecular complexity index is 517. The largest absolute Gasteiger partial charge is 0.481 e. The SMILES string of the molecule is CC(C)c1nsc(N2CCC(C(=O)O)(C(F)(F)F)C2)n1. The molecular weight excluding hydrogens is 295 g/mol. The number of carboxylic acid groups (broad SMARTS) is 1. The first-order chi connectivity index (χ1) is 9.17. The van der Waals surface area contributed by atoms with Crippen LogP contribution >= 0.6 is 11.5 Å². The second kappa shape index (κ2) is 4.87. The third-order valence-electron chi connectivity index (χ3n) is 3.44. The van der Waals surface area contributed by atoms with Crippen LogP contribution in [-0.2, 0) is 4.79 Å². The fraction of sp³-hybridized carbons (Fsp3) is 0.727. The predicted molar refractivity (Wildman–Crippen MR) is 67.0 cm³/mol. The van der Waals surface area contributed by atoms with Crippen LogP contribution in [0.1, 0.15) is 32.0 Å². The monoisotopic (exact) mass is 309 g/mol. The minimum atomic E-state index is -4.78. The lowest BCUT2D eigenvalue weighted by Gasteiger charge is -2.26. The van der Waals surface area contributed by atoms with Crippen molar-refractivity contribution in [2.75, 3.05) is 18.0 Å². The molecule has 1 fully saturated rings. The molecule has 1 unspecified atom stereocenters. The number of carbonyl (C=O) groups is 1. The Hall–Kier alpha value is -1.38. The molecule has 5 nitrogen and oxygen atoms in total. The van der Waals surface area contributed by atoms with E-state index in [1.165, 1.54) is 4.90 Å². The minimum absolute atomic E-state index is 0.0124. The molecule has 0 bridgehead atoms. The van der Waals surface area contributed by atoms with E-state index in [0.29, 0.717) is 11.0 Å². The third-order valence-corrected chi connectivity index (χ3v) is 4.23. The normalized spacial score (nSPS) is 23.6. The van der Waals surface area contributed by atoms with E-state index in [1.807, 2.05) is 13.8 Å². The number of hydrogen-bond acceptors (Lipinski definition) is 5. The maximum Gasteiger partial charge on any atom is 0.406 e. The summed E-state index contributed by atoms with van der Waals surface area (Å²) in [5.74, 6) is -1.19. The number of hydrogen-bond donors (Lipinski definition) is 1. The number of anilines is 1. The van der Waals surface area contributed by atoms with Gasteiger partial charge in [-0.3, -0.25) is 4.79 Å². The van der Waals surface area contributed by atoms with Crippen molar-refractivity contribution in [2.24, 2.45) is 5.41 Å². The van der Waals surface area contributed by atoms with E-state index in [0.717, 1.165) is 11.5 Å². The van der Waals surface area contributed by atoms with Crippen LogP contribution in [0.5, 0.6) is 0 Å². The molecule has 2 heterocycles. The summed E-state index contributed by atoms with van der Waals surface area (Å²) in [5, 5.41) is 9.33. The first-order valence-electron chi connectivity index (χ1n) is 6.06. The van der Waals surface area contributed by atoms with Crippen LogP contribution in [0.2, 0.25) is 0 Å². The molecule has 0 amide bonds. The summed E-state index contributed by atoms with van der Waals surface area (Å²) in [6.45, 7) is 3.16. The summed E-state index contributed by atoms with van der Waals surface area (Å²) in [6.07, 6.45) is -5.25. The summed E-state index contributed by atoms with van der Waals surface area (Å²) in [7, 11) is 0. The fourth-order valence-electron chi connectivity index (χ4n) is 2.09. The van der Waals surface area contributed by atoms with Crippen LogP contribution in [0.4, 0.5) is 18.3 Å².